The van der Waals surface area contributed by atoms with Gasteiger partial charge in [0.1, 0.15) is 5.82 Å². The Labute approximate surface area is 125 Å². The number of pyridine rings is 1. The number of hydrogen-bond donors (Lipinski definition) is 2. The molecule has 0 aromatic carbocycles. The third-order valence-electron chi connectivity index (χ3n) is 4.07. The summed E-state index contributed by atoms with van der Waals surface area (Å²) >= 11 is 0. The number of nitrogens with one attached hydrogen (secondary N) is 2. The molecule has 4 rings (SSSR count). The third-order valence-corrected chi connectivity index (χ3v) is 4.07. The van der Waals surface area contributed by atoms with E-state index in [1.54, 1.807) is 10.9 Å². The Morgan fingerprint density at radius 3 is 3.32 bits per heavy atom. The molecule has 3 aromatic heterocycles. The molecule has 1 aliphatic rings. The van der Waals surface area contributed by atoms with E-state index >= 15 is 0 Å². The number of anilines is 1. The summed E-state index contributed by atoms with van der Waals surface area (Å²) in [5, 5.41) is 15.5. The van der Waals surface area contributed by atoms with Crippen molar-refractivity contribution in [3.05, 3.63) is 30.4 Å². The number of fused-ring (bicyclic) bond motifs is 2. The van der Waals surface area contributed by atoms with Crippen LogP contribution in [0.4, 0.5) is 5.82 Å². The molecule has 2 N–H and O–H groups in total. The molecule has 1 atom stereocenters. The number of nitrogens with zero attached hydrogens (tertiary/aromatic N) is 5. The van der Waals surface area contributed by atoms with Gasteiger partial charge in [-0.25, -0.2) is 9.67 Å². The summed E-state index contributed by atoms with van der Waals surface area (Å²) in [6, 6.07) is 3.83. The monoisotopic (exact) mass is 297 g/mol. The first-order chi connectivity index (χ1) is 10.8. The smallest absolute Gasteiger partial charge is 0.228 e. The normalized spacial score (nSPS) is 17.9. The van der Waals surface area contributed by atoms with Gasteiger partial charge in [0, 0.05) is 30.5 Å². The highest BCUT2D eigenvalue weighted by atomic mass is 16.1. The maximum atomic E-state index is 12.4. The minimum Gasteiger partial charge on any atom is -0.360 e. The number of amides is 1. The van der Waals surface area contributed by atoms with Gasteiger partial charge in [-0.1, -0.05) is 0 Å². The number of aromatic amines is 1. The highest BCUT2D eigenvalue weighted by Gasteiger charge is 2.24. The van der Waals surface area contributed by atoms with Crippen LogP contribution in [-0.4, -0.2) is 36.1 Å². The largest absolute Gasteiger partial charge is 0.360 e. The van der Waals surface area contributed by atoms with E-state index in [9.17, 15) is 4.79 Å². The fourth-order valence-electron chi connectivity index (χ4n) is 2.81. The first kappa shape index (κ1) is 12.9. The molecule has 112 valence electrons. The van der Waals surface area contributed by atoms with E-state index in [0.717, 1.165) is 36.0 Å². The zero-order valence-corrected chi connectivity index (χ0v) is 11.9. The lowest BCUT2D eigenvalue weighted by Gasteiger charge is -2.13. The average molecular weight is 297 g/mol. The number of hydrogen-bond acceptors (Lipinski definition) is 5. The molecule has 0 spiro atoms. The maximum Gasteiger partial charge on any atom is 0.228 e. The van der Waals surface area contributed by atoms with E-state index in [2.05, 4.69) is 30.8 Å². The summed E-state index contributed by atoms with van der Waals surface area (Å²) in [6.45, 7) is 0.671. The summed E-state index contributed by atoms with van der Waals surface area (Å²) in [5.74, 6) is 1.37. The number of rotatable bonds is 2. The van der Waals surface area contributed by atoms with E-state index in [4.69, 9.17) is 0 Å². The number of H-pyrrole nitrogens is 1. The molecule has 1 unspecified atom stereocenters. The van der Waals surface area contributed by atoms with Crippen LogP contribution in [-0.2, 0) is 17.8 Å². The Kier molecular flexibility index (Phi) is 3.06. The van der Waals surface area contributed by atoms with Gasteiger partial charge < -0.3 is 10.3 Å². The Bertz CT molecular complexity index is 799. The highest BCUT2D eigenvalue weighted by Crippen LogP contribution is 2.21. The van der Waals surface area contributed by atoms with Crippen molar-refractivity contribution in [3.63, 3.8) is 0 Å². The van der Waals surface area contributed by atoms with E-state index in [0.29, 0.717) is 12.4 Å². The predicted octanol–water partition coefficient (Wildman–Crippen LogP) is 1.14. The van der Waals surface area contributed by atoms with Crippen LogP contribution in [0.25, 0.3) is 10.9 Å². The number of aryl methyl sites for hydroxylation is 2. The van der Waals surface area contributed by atoms with Gasteiger partial charge in [-0.2, -0.15) is 0 Å². The Morgan fingerprint density at radius 2 is 2.36 bits per heavy atom. The summed E-state index contributed by atoms with van der Waals surface area (Å²) in [5.41, 5.74) is 0.955. The van der Waals surface area contributed by atoms with E-state index in [1.165, 1.54) is 0 Å². The topological polar surface area (TPSA) is 101 Å². The second-order valence-electron chi connectivity index (χ2n) is 5.47. The van der Waals surface area contributed by atoms with Crippen molar-refractivity contribution in [2.24, 2.45) is 5.92 Å². The zero-order chi connectivity index (χ0) is 14.9. The lowest BCUT2D eigenvalue weighted by atomic mass is 9.99. The van der Waals surface area contributed by atoms with Gasteiger partial charge in [-0.3, -0.25) is 4.79 Å². The quantitative estimate of drug-likeness (QED) is 0.738. The number of carbonyl (C=O) groups excluding carboxylic acids is 1. The van der Waals surface area contributed by atoms with Crippen LogP contribution in [0.1, 0.15) is 18.7 Å². The SMILES string of the molecule is O=C(Nc1cc2cc[nH]c2cn1)C1CCc2nnnn2CC1. The van der Waals surface area contributed by atoms with Crippen LogP contribution in [0.15, 0.2) is 24.5 Å². The number of tetrazole rings is 1. The van der Waals surface area contributed by atoms with Gasteiger partial charge in [-0.15, -0.1) is 5.10 Å². The van der Waals surface area contributed by atoms with Gasteiger partial charge in [-0.05, 0) is 35.4 Å². The molecule has 3 aromatic rings. The van der Waals surface area contributed by atoms with Gasteiger partial charge >= 0.3 is 0 Å². The standard InChI is InChI=1S/C14H15N7O/c22-14(9-1-2-13-18-19-20-21(13)6-4-9)17-12-7-10-3-5-15-11(10)8-16-12/h3,5,7-9,15H,1-2,4,6H2,(H,16,17,22). The fraction of sp³-hybridized carbons (Fsp3) is 0.357. The molecule has 0 radical (unpaired) electrons. The van der Waals surface area contributed by atoms with Gasteiger partial charge in [0.05, 0.1) is 11.7 Å². The van der Waals surface area contributed by atoms with Crippen molar-refractivity contribution < 1.29 is 4.79 Å². The van der Waals surface area contributed by atoms with Crippen LogP contribution in [0.3, 0.4) is 0 Å². The fourth-order valence-corrected chi connectivity index (χ4v) is 2.81. The second kappa shape index (κ2) is 5.21. The summed E-state index contributed by atoms with van der Waals surface area (Å²) < 4.78 is 1.78. The van der Waals surface area contributed by atoms with Crippen molar-refractivity contribution in [2.75, 3.05) is 5.32 Å². The lowest BCUT2D eigenvalue weighted by Crippen LogP contribution is -2.24. The summed E-state index contributed by atoms with van der Waals surface area (Å²) in [4.78, 5) is 19.8. The molecule has 0 fully saturated rings. The van der Waals surface area contributed by atoms with Crippen molar-refractivity contribution in [1.82, 2.24) is 30.2 Å². The third kappa shape index (κ3) is 2.32. The Balaban J connectivity index is 1.46. The van der Waals surface area contributed by atoms with Crippen molar-refractivity contribution in [1.29, 1.82) is 0 Å². The van der Waals surface area contributed by atoms with Crippen LogP contribution in [0.5, 0.6) is 0 Å². The lowest BCUT2D eigenvalue weighted by molar-refractivity contribution is -0.120. The molecule has 8 nitrogen and oxygen atoms in total. The van der Waals surface area contributed by atoms with Crippen molar-refractivity contribution in [3.8, 4) is 0 Å². The minimum absolute atomic E-state index is 0.00102. The predicted molar refractivity (Wildman–Crippen MR) is 79.0 cm³/mol. The molecular weight excluding hydrogens is 282 g/mol. The molecule has 1 aliphatic heterocycles. The minimum atomic E-state index is -0.0628. The summed E-state index contributed by atoms with van der Waals surface area (Å²) in [6.07, 6.45) is 5.78. The zero-order valence-electron chi connectivity index (χ0n) is 11.9. The molecule has 4 heterocycles. The first-order valence-corrected chi connectivity index (χ1v) is 7.28. The molecule has 1 amide bonds. The van der Waals surface area contributed by atoms with Crippen LogP contribution < -0.4 is 5.32 Å². The van der Waals surface area contributed by atoms with E-state index in [-0.39, 0.29) is 11.8 Å². The molecule has 8 heteroatoms. The maximum absolute atomic E-state index is 12.4. The Morgan fingerprint density at radius 1 is 1.41 bits per heavy atom. The molecule has 0 saturated carbocycles. The van der Waals surface area contributed by atoms with Crippen LogP contribution in [0, 0.1) is 5.92 Å². The van der Waals surface area contributed by atoms with Crippen LogP contribution in [0.2, 0.25) is 0 Å². The Hall–Kier alpha value is -2.77. The molecular formula is C14H15N7O. The van der Waals surface area contributed by atoms with Crippen LogP contribution >= 0.6 is 0 Å². The van der Waals surface area contributed by atoms with E-state index in [1.807, 2.05) is 18.3 Å². The average Bonchev–Trinajstić information content (AvgIpc) is 3.12. The van der Waals surface area contributed by atoms with E-state index < -0.39 is 0 Å². The number of carbonyl (C=O) groups is 1. The highest BCUT2D eigenvalue weighted by molar-refractivity contribution is 5.93. The van der Waals surface area contributed by atoms with Gasteiger partial charge in [0.15, 0.2) is 5.82 Å². The second-order valence-corrected chi connectivity index (χ2v) is 5.47. The number of aromatic nitrogens is 6. The van der Waals surface area contributed by atoms with Gasteiger partial charge in [0.2, 0.25) is 5.91 Å². The molecule has 0 aliphatic carbocycles. The molecule has 0 bridgehead atoms. The van der Waals surface area contributed by atoms with Crippen molar-refractivity contribution >= 4 is 22.6 Å². The molecule has 0 saturated heterocycles. The first-order valence-electron chi connectivity index (χ1n) is 7.28. The van der Waals surface area contributed by atoms with Gasteiger partial charge in [0.25, 0.3) is 0 Å². The molecule has 22 heavy (non-hydrogen) atoms. The van der Waals surface area contributed by atoms with Crippen molar-refractivity contribution in [2.45, 2.75) is 25.8 Å². The summed E-state index contributed by atoms with van der Waals surface area (Å²) in [7, 11) is 0.